The van der Waals surface area contributed by atoms with Crippen molar-refractivity contribution < 1.29 is 14.2 Å². The van der Waals surface area contributed by atoms with E-state index in [1.807, 2.05) is 30.3 Å². The molecule has 20 heavy (non-hydrogen) atoms. The van der Waals surface area contributed by atoms with E-state index in [0.717, 1.165) is 17.1 Å². The molecule has 2 aromatic carbocycles. The van der Waals surface area contributed by atoms with Gasteiger partial charge in [-0.2, -0.15) is 0 Å². The number of fused-ring (bicyclic) bond motifs is 1. The van der Waals surface area contributed by atoms with Crippen molar-refractivity contribution in [3.05, 3.63) is 53.6 Å². The second kappa shape index (κ2) is 5.43. The van der Waals surface area contributed by atoms with Crippen molar-refractivity contribution in [1.82, 2.24) is 0 Å². The Kier molecular flexibility index (Phi) is 3.48. The summed E-state index contributed by atoms with van der Waals surface area (Å²) < 4.78 is 16.6. The molecule has 2 aromatic rings. The fourth-order valence-corrected chi connectivity index (χ4v) is 2.15. The molecular formula is C16H17NO3. The van der Waals surface area contributed by atoms with Crippen LogP contribution in [0.4, 0.5) is 0 Å². The maximum atomic E-state index is 5.95. The molecule has 0 aliphatic carbocycles. The third-order valence-electron chi connectivity index (χ3n) is 3.29. The number of benzene rings is 2. The molecule has 4 nitrogen and oxygen atoms in total. The average molecular weight is 271 g/mol. The van der Waals surface area contributed by atoms with Crippen LogP contribution < -0.4 is 19.9 Å². The van der Waals surface area contributed by atoms with Crippen LogP contribution in [-0.2, 0) is 0 Å². The van der Waals surface area contributed by atoms with Gasteiger partial charge in [-0.25, -0.2) is 0 Å². The highest BCUT2D eigenvalue weighted by Crippen LogP contribution is 2.36. The smallest absolute Gasteiger partial charge is 0.231 e. The number of rotatable bonds is 4. The number of nitrogens with two attached hydrogens (primary N) is 1. The number of hydrogen-bond acceptors (Lipinski definition) is 4. The summed E-state index contributed by atoms with van der Waals surface area (Å²) in [6.45, 7) is 2.73. The third-order valence-corrected chi connectivity index (χ3v) is 3.29. The van der Waals surface area contributed by atoms with Crippen LogP contribution in [0.5, 0.6) is 17.2 Å². The van der Waals surface area contributed by atoms with Crippen molar-refractivity contribution in [2.75, 3.05) is 13.3 Å². The molecule has 1 atom stereocenters. The molecule has 1 aliphatic rings. The molecule has 1 aliphatic heterocycles. The van der Waals surface area contributed by atoms with E-state index in [9.17, 15) is 0 Å². The lowest BCUT2D eigenvalue weighted by Gasteiger charge is -2.18. The molecule has 0 spiro atoms. The first kappa shape index (κ1) is 12.8. The Morgan fingerprint density at radius 3 is 2.60 bits per heavy atom. The van der Waals surface area contributed by atoms with Crippen LogP contribution >= 0.6 is 0 Å². The van der Waals surface area contributed by atoms with Crippen molar-refractivity contribution in [2.24, 2.45) is 5.73 Å². The summed E-state index contributed by atoms with van der Waals surface area (Å²) in [4.78, 5) is 0. The first-order chi connectivity index (χ1) is 9.76. The predicted molar refractivity (Wildman–Crippen MR) is 76.2 cm³/mol. The summed E-state index contributed by atoms with van der Waals surface area (Å²) in [5.41, 5.74) is 8.10. The van der Waals surface area contributed by atoms with E-state index < -0.39 is 0 Å². The lowest BCUT2D eigenvalue weighted by molar-refractivity contribution is 0.173. The Hall–Kier alpha value is -2.20. The summed E-state index contributed by atoms with van der Waals surface area (Å²) in [6, 6.07) is 13.7. The van der Waals surface area contributed by atoms with Crippen LogP contribution in [0.25, 0.3) is 0 Å². The average Bonchev–Trinajstić information content (AvgIpc) is 2.93. The Balaban J connectivity index is 1.79. The summed E-state index contributed by atoms with van der Waals surface area (Å²) >= 11 is 0. The Bertz CT molecular complexity index is 595. The molecular weight excluding hydrogens is 254 g/mol. The molecule has 0 amide bonds. The van der Waals surface area contributed by atoms with Gasteiger partial charge in [0.1, 0.15) is 11.9 Å². The molecule has 3 rings (SSSR count). The quantitative estimate of drug-likeness (QED) is 0.929. The van der Waals surface area contributed by atoms with Crippen molar-refractivity contribution in [1.29, 1.82) is 0 Å². The van der Waals surface area contributed by atoms with Crippen LogP contribution in [0.15, 0.2) is 42.5 Å². The monoisotopic (exact) mass is 271 g/mol. The molecule has 0 bridgehead atoms. The van der Waals surface area contributed by atoms with Crippen LogP contribution in [0, 0.1) is 6.92 Å². The van der Waals surface area contributed by atoms with Gasteiger partial charge in [0.05, 0.1) is 0 Å². The second-order valence-electron chi connectivity index (χ2n) is 4.77. The standard InChI is InChI=1S/C16H17NO3/c1-11-2-4-12(5-3-11)16(9-17)20-13-6-7-14-15(8-13)19-10-18-14/h2-8,16H,9-10,17H2,1H3. The van der Waals surface area contributed by atoms with E-state index in [-0.39, 0.29) is 12.9 Å². The van der Waals surface area contributed by atoms with Gasteiger partial charge < -0.3 is 19.9 Å². The zero-order chi connectivity index (χ0) is 13.9. The fourth-order valence-electron chi connectivity index (χ4n) is 2.15. The molecule has 0 aromatic heterocycles. The van der Waals surface area contributed by atoms with Gasteiger partial charge in [-0.15, -0.1) is 0 Å². The van der Waals surface area contributed by atoms with Crippen molar-refractivity contribution >= 4 is 0 Å². The van der Waals surface area contributed by atoms with Gasteiger partial charge in [0.2, 0.25) is 6.79 Å². The molecule has 0 saturated carbocycles. The van der Waals surface area contributed by atoms with Crippen LogP contribution in [0.2, 0.25) is 0 Å². The van der Waals surface area contributed by atoms with Crippen LogP contribution in [0.1, 0.15) is 17.2 Å². The van der Waals surface area contributed by atoms with Crippen molar-refractivity contribution in [2.45, 2.75) is 13.0 Å². The topological polar surface area (TPSA) is 53.7 Å². The Morgan fingerprint density at radius 2 is 1.85 bits per heavy atom. The minimum absolute atomic E-state index is 0.170. The number of hydrogen-bond donors (Lipinski definition) is 1. The lowest BCUT2D eigenvalue weighted by Crippen LogP contribution is -2.18. The Morgan fingerprint density at radius 1 is 1.10 bits per heavy atom. The van der Waals surface area contributed by atoms with E-state index in [0.29, 0.717) is 12.3 Å². The Labute approximate surface area is 118 Å². The van der Waals surface area contributed by atoms with Gasteiger partial charge in [0, 0.05) is 12.6 Å². The van der Waals surface area contributed by atoms with Gasteiger partial charge in [0.15, 0.2) is 11.5 Å². The zero-order valence-electron chi connectivity index (χ0n) is 11.3. The minimum Gasteiger partial charge on any atom is -0.484 e. The second-order valence-corrected chi connectivity index (χ2v) is 4.77. The van der Waals surface area contributed by atoms with Gasteiger partial charge in [-0.05, 0) is 24.6 Å². The van der Waals surface area contributed by atoms with Crippen molar-refractivity contribution in [3.63, 3.8) is 0 Å². The van der Waals surface area contributed by atoms with Gasteiger partial charge in [0.25, 0.3) is 0 Å². The lowest BCUT2D eigenvalue weighted by atomic mass is 10.1. The molecule has 1 unspecified atom stereocenters. The van der Waals surface area contributed by atoms with E-state index in [1.165, 1.54) is 5.56 Å². The molecule has 1 heterocycles. The van der Waals surface area contributed by atoms with Gasteiger partial charge >= 0.3 is 0 Å². The first-order valence-electron chi connectivity index (χ1n) is 6.59. The molecule has 0 fully saturated rings. The third kappa shape index (κ3) is 2.56. The zero-order valence-corrected chi connectivity index (χ0v) is 11.3. The maximum absolute atomic E-state index is 5.95. The molecule has 0 saturated heterocycles. The summed E-state index contributed by atoms with van der Waals surface area (Å²) in [7, 11) is 0. The van der Waals surface area contributed by atoms with Gasteiger partial charge in [-0.1, -0.05) is 29.8 Å². The normalized spacial score (nSPS) is 14.1. The number of ether oxygens (including phenoxy) is 3. The highest BCUT2D eigenvalue weighted by atomic mass is 16.7. The summed E-state index contributed by atoms with van der Waals surface area (Å²) in [6.07, 6.45) is -0.170. The highest BCUT2D eigenvalue weighted by Gasteiger charge is 2.16. The first-order valence-corrected chi connectivity index (χ1v) is 6.59. The molecule has 0 radical (unpaired) electrons. The SMILES string of the molecule is Cc1ccc(C(CN)Oc2ccc3c(c2)OCO3)cc1. The molecule has 2 N–H and O–H groups in total. The summed E-state index contributed by atoms with van der Waals surface area (Å²) in [5, 5.41) is 0. The molecule has 4 heteroatoms. The fraction of sp³-hybridized carbons (Fsp3) is 0.250. The van der Waals surface area contributed by atoms with E-state index >= 15 is 0 Å². The van der Waals surface area contributed by atoms with Gasteiger partial charge in [-0.3, -0.25) is 0 Å². The van der Waals surface area contributed by atoms with Crippen molar-refractivity contribution in [3.8, 4) is 17.2 Å². The minimum atomic E-state index is -0.170. The van der Waals surface area contributed by atoms with Crippen LogP contribution in [-0.4, -0.2) is 13.3 Å². The maximum Gasteiger partial charge on any atom is 0.231 e. The van der Waals surface area contributed by atoms with Crippen LogP contribution in [0.3, 0.4) is 0 Å². The summed E-state index contributed by atoms with van der Waals surface area (Å²) in [5.74, 6) is 2.18. The molecule has 104 valence electrons. The van der Waals surface area contributed by atoms with E-state index in [1.54, 1.807) is 0 Å². The predicted octanol–water partition coefficient (Wildman–Crippen LogP) is 2.80. The number of aryl methyl sites for hydroxylation is 1. The van der Waals surface area contributed by atoms with E-state index in [4.69, 9.17) is 19.9 Å². The highest BCUT2D eigenvalue weighted by molar-refractivity contribution is 5.47. The largest absolute Gasteiger partial charge is 0.484 e. The van der Waals surface area contributed by atoms with E-state index in [2.05, 4.69) is 19.1 Å².